The van der Waals surface area contributed by atoms with E-state index in [2.05, 4.69) is 25.9 Å². The molecule has 0 aromatic carbocycles. The van der Waals surface area contributed by atoms with Gasteiger partial charge in [-0.3, -0.25) is 0 Å². The molecule has 0 aromatic rings. The molecule has 1 fully saturated rings. The summed E-state index contributed by atoms with van der Waals surface area (Å²) in [7, 11) is 4.15. The van der Waals surface area contributed by atoms with Gasteiger partial charge in [-0.25, -0.2) is 0 Å². The standard InChI is InChI=1S/C6H13NO/c1-5(7(2)3)6-4-8-6/h5-6H,4H2,1-3H3. The molecule has 0 saturated carbocycles. The SMILES string of the molecule is CC(C1CO1)N(C)C. The highest BCUT2D eigenvalue weighted by atomic mass is 16.6. The molecule has 1 heterocycles. The second-order valence-electron chi connectivity index (χ2n) is 2.58. The zero-order valence-electron chi connectivity index (χ0n) is 5.72. The van der Waals surface area contributed by atoms with Crippen LogP contribution in [0, 0.1) is 0 Å². The molecule has 0 spiro atoms. The van der Waals surface area contributed by atoms with E-state index in [9.17, 15) is 0 Å². The summed E-state index contributed by atoms with van der Waals surface area (Å²) in [6, 6.07) is 0.593. The largest absolute Gasteiger partial charge is 0.371 e. The van der Waals surface area contributed by atoms with Crippen molar-refractivity contribution in [1.82, 2.24) is 4.90 Å². The van der Waals surface area contributed by atoms with Crippen LogP contribution in [-0.2, 0) is 4.74 Å². The van der Waals surface area contributed by atoms with Crippen LogP contribution in [0.15, 0.2) is 0 Å². The molecule has 1 aliphatic rings. The van der Waals surface area contributed by atoms with Crippen molar-refractivity contribution in [3.63, 3.8) is 0 Å². The molecule has 48 valence electrons. The summed E-state index contributed by atoms with van der Waals surface area (Å²) in [6.45, 7) is 3.14. The van der Waals surface area contributed by atoms with Crippen molar-refractivity contribution in [3.8, 4) is 0 Å². The van der Waals surface area contributed by atoms with Crippen LogP contribution < -0.4 is 0 Å². The van der Waals surface area contributed by atoms with Gasteiger partial charge in [0.15, 0.2) is 0 Å². The second-order valence-corrected chi connectivity index (χ2v) is 2.58. The summed E-state index contributed by atoms with van der Waals surface area (Å²) < 4.78 is 5.09. The van der Waals surface area contributed by atoms with Gasteiger partial charge in [0.05, 0.1) is 12.7 Å². The van der Waals surface area contributed by atoms with Crippen molar-refractivity contribution >= 4 is 0 Å². The third kappa shape index (κ3) is 1.20. The molecule has 0 aliphatic carbocycles. The molecule has 2 heteroatoms. The minimum atomic E-state index is 0.519. The Hall–Kier alpha value is -0.0800. The fourth-order valence-electron chi connectivity index (χ4n) is 0.667. The minimum absolute atomic E-state index is 0.519. The first-order chi connectivity index (χ1) is 3.72. The third-order valence-electron chi connectivity index (χ3n) is 1.71. The summed E-state index contributed by atoms with van der Waals surface area (Å²) >= 11 is 0. The fourth-order valence-corrected chi connectivity index (χ4v) is 0.667. The van der Waals surface area contributed by atoms with E-state index in [0.717, 1.165) is 6.61 Å². The van der Waals surface area contributed by atoms with Crippen LogP contribution in [0.3, 0.4) is 0 Å². The van der Waals surface area contributed by atoms with Gasteiger partial charge in [-0.2, -0.15) is 0 Å². The Morgan fingerprint density at radius 1 is 1.62 bits per heavy atom. The monoisotopic (exact) mass is 115 g/mol. The van der Waals surface area contributed by atoms with E-state index in [4.69, 9.17) is 4.74 Å². The van der Waals surface area contributed by atoms with Gasteiger partial charge in [0.2, 0.25) is 0 Å². The van der Waals surface area contributed by atoms with Gasteiger partial charge in [-0.15, -0.1) is 0 Å². The normalized spacial score (nSPS) is 30.8. The first-order valence-electron chi connectivity index (χ1n) is 3.00. The summed E-state index contributed by atoms with van der Waals surface area (Å²) in [5.74, 6) is 0. The zero-order valence-corrected chi connectivity index (χ0v) is 5.72. The van der Waals surface area contributed by atoms with E-state index in [-0.39, 0.29) is 0 Å². The Kier molecular flexibility index (Phi) is 1.54. The average Bonchev–Trinajstić information content (AvgIpc) is 2.43. The van der Waals surface area contributed by atoms with E-state index in [0.29, 0.717) is 12.1 Å². The number of epoxide rings is 1. The van der Waals surface area contributed by atoms with Crippen molar-refractivity contribution in [2.24, 2.45) is 0 Å². The summed E-state index contributed by atoms with van der Waals surface area (Å²) in [6.07, 6.45) is 0.519. The van der Waals surface area contributed by atoms with E-state index in [1.807, 2.05) is 0 Å². The minimum Gasteiger partial charge on any atom is -0.371 e. The van der Waals surface area contributed by atoms with Crippen LogP contribution in [0.5, 0.6) is 0 Å². The van der Waals surface area contributed by atoms with Gasteiger partial charge >= 0.3 is 0 Å². The van der Waals surface area contributed by atoms with E-state index in [1.165, 1.54) is 0 Å². The number of ether oxygens (including phenoxy) is 1. The molecule has 0 radical (unpaired) electrons. The predicted octanol–water partition coefficient (Wildman–Crippen LogP) is 0.335. The first-order valence-corrected chi connectivity index (χ1v) is 3.00. The van der Waals surface area contributed by atoms with Gasteiger partial charge < -0.3 is 9.64 Å². The van der Waals surface area contributed by atoms with Crippen LogP contribution in [0.2, 0.25) is 0 Å². The molecular weight excluding hydrogens is 102 g/mol. The highest BCUT2D eigenvalue weighted by Gasteiger charge is 2.30. The summed E-state index contributed by atoms with van der Waals surface area (Å²) in [5, 5.41) is 0. The quantitative estimate of drug-likeness (QED) is 0.482. The maximum atomic E-state index is 5.09. The molecule has 2 unspecified atom stereocenters. The average molecular weight is 115 g/mol. The van der Waals surface area contributed by atoms with Gasteiger partial charge in [0, 0.05) is 6.04 Å². The Morgan fingerprint density at radius 2 is 2.12 bits per heavy atom. The Bertz CT molecular complexity index is 76.6. The van der Waals surface area contributed by atoms with Crippen molar-refractivity contribution in [1.29, 1.82) is 0 Å². The number of rotatable bonds is 2. The molecule has 1 saturated heterocycles. The van der Waals surface area contributed by atoms with Gasteiger partial charge in [0.1, 0.15) is 0 Å². The number of nitrogens with zero attached hydrogens (tertiary/aromatic N) is 1. The molecular formula is C6H13NO. The Labute approximate surface area is 50.4 Å². The predicted molar refractivity (Wildman–Crippen MR) is 32.9 cm³/mol. The first kappa shape index (κ1) is 6.05. The van der Waals surface area contributed by atoms with E-state index >= 15 is 0 Å². The molecule has 1 rings (SSSR count). The molecule has 2 nitrogen and oxygen atoms in total. The zero-order chi connectivity index (χ0) is 6.15. The number of hydrogen-bond acceptors (Lipinski definition) is 2. The number of likely N-dealkylation sites (N-methyl/N-ethyl adjacent to an activating group) is 1. The highest BCUT2D eigenvalue weighted by molar-refractivity contribution is 4.80. The molecule has 0 N–H and O–H groups in total. The maximum absolute atomic E-state index is 5.09. The lowest BCUT2D eigenvalue weighted by molar-refractivity contribution is 0.246. The molecule has 2 atom stereocenters. The van der Waals surface area contributed by atoms with Gasteiger partial charge in [-0.1, -0.05) is 0 Å². The smallest absolute Gasteiger partial charge is 0.0961 e. The second kappa shape index (κ2) is 2.03. The van der Waals surface area contributed by atoms with E-state index < -0.39 is 0 Å². The lowest BCUT2D eigenvalue weighted by Crippen LogP contribution is -2.29. The highest BCUT2D eigenvalue weighted by Crippen LogP contribution is 2.16. The summed E-state index contributed by atoms with van der Waals surface area (Å²) in [5.41, 5.74) is 0. The molecule has 8 heavy (non-hydrogen) atoms. The molecule has 0 aromatic heterocycles. The fraction of sp³-hybridized carbons (Fsp3) is 1.00. The maximum Gasteiger partial charge on any atom is 0.0961 e. The van der Waals surface area contributed by atoms with Crippen LogP contribution >= 0.6 is 0 Å². The molecule has 0 bridgehead atoms. The van der Waals surface area contributed by atoms with Gasteiger partial charge in [-0.05, 0) is 21.0 Å². The Morgan fingerprint density at radius 3 is 2.25 bits per heavy atom. The number of hydrogen-bond donors (Lipinski definition) is 0. The van der Waals surface area contributed by atoms with E-state index in [1.54, 1.807) is 0 Å². The third-order valence-corrected chi connectivity index (χ3v) is 1.71. The lowest BCUT2D eigenvalue weighted by atomic mass is 10.2. The van der Waals surface area contributed by atoms with Crippen LogP contribution in [0.4, 0.5) is 0 Å². The van der Waals surface area contributed by atoms with Crippen molar-refractivity contribution in [3.05, 3.63) is 0 Å². The summed E-state index contributed by atoms with van der Waals surface area (Å²) in [4.78, 5) is 2.18. The topological polar surface area (TPSA) is 15.8 Å². The van der Waals surface area contributed by atoms with Crippen molar-refractivity contribution < 1.29 is 4.74 Å². The van der Waals surface area contributed by atoms with Crippen molar-refractivity contribution in [2.45, 2.75) is 19.1 Å². The molecule has 0 amide bonds. The van der Waals surface area contributed by atoms with Crippen molar-refractivity contribution in [2.75, 3.05) is 20.7 Å². The van der Waals surface area contributed by atoms with Gasteiger partial charge in [0.25, 0.3) is 0 Å². The van der Waals surface area contributed by atoms with Crippen LogP contribution in [0.1, 0.15) is 6.92 Å². The van der Waals surface area contributed by atoms with Crippen LogP contribution in [0.25, 0.3) is 0 Å². The molecule has 1 aliphatic heterocycles. The Balaban J connectivity index is 2.22. The lowest BCUT2D eigenvalue weighted by Gasteiger charge is -2.16. The van der Waals surface area contributed by atoms with Crippen LogP contribution in [-0.4, -0.2) is 37.7 Å².